The number of carbonyl (C=O) groups is 1. The molecule has 0 radical (unpaired) electrons. The maximum Gasteiger partial charge on any atom is 0.240 e. The van der Waals surface area contributed by atoms with E-state index in [2.05, 4.69) is 4.98 Å². The van der Waals surface area contributed by atoms with Crippen molar-refractivity contribution in [2.75, 3.05) is 4.90 Å². The van der Waals surface area contributed by atoms with Gasteiger partial charge in [0.25, 0.3) is 0 Å². The summed E-state index contributed by atoms with van der Waals surface area (Å²) in [4.78, 5) is 17.0. The van der Waals surface area contributed by atoms with Crippen LogP contribution >= 0.6 is 11.6 Å². The van der Waals surface area contributed by atoms with Gasteiger partial charge in [0.15, 0.2) is 0 Å². The zero-order chi connectivity index (χ0) is 15.1. The number of primary amides is 1. The normalized spacial score (nSPS) is 16.9. The molecule has 2 N–H and O–H groups in total. The lowest BCUT2D eigenvalue weighted by Gasteiger charge is -2.25. The summed E-state index contributed by atoms with van der Waals surface area (Å²) in [6.07, 6.45) is 3.42. The van der Waals surface area contributed by atoms with Crippen LogP contribution in [0.15, 0.2) is 30.6 Å². The van der Waals surface area contributed by atoms with Crippen LogP contribution in [0, 0.1) is 11.6 Å². The van der Waals surface area contributed by atoms with E-state index in [9.17, 15) is 13.6 Å². The highest BCUT2D eigenvalue weighted by Gasteiger charge is 2.36. The van der Waals surface area contributed by atoms with Gasteiger partial charge in [-0.2, -0.15) is 0 Å². The minimum absolute atomic E-state index is 0.00282. The van der Waals surface area contributed by atoms with E-state index in [1.807, 2.05) is 0 Å². The van der Waals surface area contributed by atoms with Crippen molar-refractivity contribution in [3.05, 3.63) is 52.8 Å². The lowest BCUT2D eigenvalue weighted by Crippen LogP contribution is -2.40. The lowest BCUT2D eigenvalue weighted by atomic mass is 10.1. The number of carbonyl (C=O) groups excluding carboxylic acids is 1. The monoisotopic (exact) mass is 309 g/mol. The Labute approximate surface area is 124 Å². The molecule has 0 saturated carbocycles. The first kappa shape index (κ1) is 13.8. The van der Waals surface area contributed by atoms with Crippen LogP contribution in [0.4, 0.5) is 20.2 Å². The molecule has 0 fully saturated rings. The van der Waals surface area contributed by atoms with Gasteiger partial charge in [0, 0.05) is 18.7 Å². The standard InChI is InChI=1S/C14H10ClF2N3O/c15-8-4-11(10(17)5-9(8)16)20-12(14(18)21)3-7-1-2-19-6-13(7)20/h1-2,4-6,12H,3H2,(H2,18,21). The molecule has 21 heavy (non-hydrogen) atoms. The molecule has 2 heterocycles. The first-order valence-corrected chi connectivity index (χ1v) is 6.53. The molecule has 2 aromatic rings. The molecule has 1 unspecified atom stereocenters. The quantitative estimate of drug-likeness (QED) is 0.867. The Balaban J connectivity index is 2.18. The first-order chi connectivity index (χ1) is 9.99. The highest BCUT2D eigenvalue weighted by atomic mass is 35.5. The van der Waals surface area contributed by atoms with Gasteiger partial charge in [-0.15, -0.1) is 0 Å². The van der Waals surface area contributed by atoms with E-state index in [0.29, 0.717) is 18.2 Å². The van der Waals surface area contributed by atoms with E-state index in [4.69, 9.17) is 17.3 Å². The molecular formula is C14H10ClF2N3O. The van der Waals surface area contributed by atoms with Crippen LogP contribution in [0.2, 0.25) is 5.02 Å². The Bertz CT molecular complexity index is 738. The fourth-order valence-electron chi connectivity index (χ4n) is 2.49. The molecule has 1 aliphatic rings. The van der Waals surface area contributed by atoms with Crippen LogP contribution in [0.25, 0.3) is 0 Å². The molecule has 0 spiro atoms. The van der Waals surface area contributed by atoms with Gasteiger partial charge < -0.3 is 10.6 Å². The number of hydrogen-bond donors (Lipinski definition) is 1. The number of amides is 1. The summed E-state index contributed by atoms with van der Waals surface area (Å²) in [6.45, 7) is 0. The van der Waals surface area contributed by atoms with Crippen LogP contribution in [0.1, 0.15) is 5.56 Å². The molecule has 0 bridgehead atoms. The van der Waals surface area contributed by atoms with Gasteiger partial charge in [0.05, 0.1) is 22.6 Å². The molecule has 1 atom stereocenters. The number of nitrogens with zero attached hydrogens (tertiary/aromatic N) is 2. The van der Waals surface area contributed by atoms with Gasteiger partial charge in [-0.1, -0.05) is 11.6 Å². The van der Waals surface area contributed by atoms with Crippen LogP contribution in [0.5, 0.6) is 0 Å². The third-order valence-corrected chi connectivity index (χ3v) is 3.74. The summed E-state index contributed by atoms with van der Waals surface area (Å²) < 4.78 is 27.4. The van der Waals surface area contributed by atoms with Crippen LogP contribution in [0.3, 0.4) is 0 Å². The maximum atomic E-state index is 14.1. The Morgan fingerprint density at radius 1 is 1.33 bits per heavy atom. The molecule has 0 aliphatic carbocycles. The van der Waals surface area contributed by atoms with Gasteiger partial charge in [0.2, 0.25) is 5.91 Å². The highest BCUT2D eigenvalue weighted by molar-refractivity contribution is 6.31. The third-order valence-electron chi connectivity index (χ3n) is 3.45. The number of pyridine rings is 1. The molecule has 3 rings (SSSR count). The van der Waals surface area contributed by atoms with Gasteiger partial charge in [0.1, 0.15) is 17.7 Å². The van der Waals surface area contributed by atoms with Crippen molar-refractivity contribution >= 4 is 28.9 Å². The summed E-state index contributed by atoms with van der Waals surface area (Å²) >= 11 is 5.72. The largest absolute Gasteiger partial charge is 0.368 e. The molecule has 108 valence electrons. The predicted octanol–water partition coefficient (Wildman–Crippen LogP) is 2.56. The van der Waals surface area contributed by atoms with Gasteiger partial charge in [-0.3, -0.25) is 9.78 Å². The molecule has 1 aromatic heterocycles. The van der Waals surface area contributed by atoms with E-state index in [1.165, 1.54) is 11.1 Å². The molecule has 1 amide bonds. The van der Waals surface area contributed by atoms with Crippen molar-refractivity contribution in [3.8, 4) is 0 Å². The lowest BCUT2D eigenvalue weighted by molar-refractivity contribution is -0.119. The number of halogens is 3. The second-order valence-corrected chi connectivity index (χ2v) is 5.12. The Morgan fingerprint density at radius 2 is 2.10 bits per heavy atom. The zero-order valence-corrected chi connectivity index (χ0v) is 11.4. The molecule has 1 aromatic carbocycles. The second-order valence-electron chi connectivity index (χ2n) is 4.71. The smallest absolute Gasteiger partial charge is 0.240 e. The van der Waals surface area contributed by atoms with Crippen molar-refractivity contribution in [2.45, 2.75) is 12.5 Å². The van der Waals surface area contributed by atoms with Crippen LogP contribution < -0.4 is 10.6 Å². The zero-order valence-electron chi connectivity index (χ0n) is 10.7. The van der Waals surface area contributed by atoms with Crippen molar-refractivity contribution in [3.63, 3.8) is 0 Å². The summed E-state index contributed by atoms with van der Waals surface area (Å²) in [5.74, 6) is -2.29. The van der Waals surface area contributed by atoms with E-state index in [0.717, 1.165) is 11.6 Å². The topological polar surface area (TPSA) is 59.2 Å². The maximum absolute atomic E-state index is 14.1. The first-order valence-electron chi connectivity index (χ1n) is 6.15. The molecular weight excluding hydrogens is 300 g/mol. The fourth-order valence-corrected chi connectivity index (χ4v) is 2.65. The fraction of sp³-hybridized carbons (Fsp3) is 0.143. The predicted molar refractivity (Wildman–Crippen MR) is 74.4 cm³/mol. The molecule has 4 nitrogen and oxygen atoms in total. The Morgan fingerprint density at radius 3 is 2.81 bits per heavy atom. The highest BCUT2D eigenvalue weighted by Crippen LogP contribution is 2.40. The average molecular weight is 310 g/mol. The summed E-state index contributed by atoms with van der Waals surface area (Å²) in [6, 6.07) is 2.79. The molecule has 0 saturated heterocycles. The SMILES string of the molecule is NC(=O)C1Cc2ccncc2N1c1cc(Cl)c(F)cc1F. The number of hydrogen-bond acceptors (Lipinski definition) is 3. The number of nitrogens with two attached hydrogens (primary N) is 1. The summed E-state index contributed by atoms with van der Waals surface area (Å²) in [7, 11) is 0. The molecule has 7 heteroatoms. The van der Waals surface area contributed by atoms with Crippen molar-refractivity contribution in [2.24, 2.45) is 5.73 Å². The van der Waals surface area contributed by atoms with Crippen molar-refractivity contribution in [1.82, 2.24) is 4.98 Å². The number of fused-ring (bicyclic) bond motifs is 1. The third kappa shape index (κ3) is 2.21. The minimum atomic E-state index is -0.862. The molecule has 1 aliphatic heterocycles. The van der Waals surface area contributed by atoms with Gasteiger partial charge >= 0.3 is 0 Å². The number of anilines is 2. The van der Waals surface area contributed by atoms with E-state index < -0.39 is 23.6 Å². The Kier molecular flexibility index (Phi) is 3.25. The van der Waals surface area contributed by atoms with Crippen molar-refractivity contribution in [1.29, 1.82) is 0 Å². The summed E-state index contributed by atoms with van der Waals surface area (Å²) in [5.41, 5.74) is 6.76. The summed E-state index contributed by atoms with van der Waals surface area (Å²) in [5, 5.41) is -0.230. The second kappa shape index (κ2) is 4.96. The van der Waals surface area contributed by atoms with E-state index in [1.54, 1.807) is 12.3 Å². The van der Waals surface area contributed by atoms with E-state index >= 15 is 0 Å². The van der Waals surface area contributed by atoms with Crippen LogP contribution in [-0.2, 0) is 11.2 Å². The van der Waals surface area contributed by atoms with Crippen LogP contribution in [-0.4, -0.2) is 16.9 Å². The number of rotatable bonds is 2. The van der Waals surface area contributed by atoms with E-state index in [-0.39, 0.29) is 10.7 Å². The average Bonchev–Trinajstić information content (AvgIpc) is 2.82. The number of aromatic nitrogens is 1. The number of benzene rings is 1. The Hall–Kier alpha value is -2.21. The van der Waals surface area contributed by atoms with Gasteiger partial charge in [-0.05, 0) is 17.7 Å². The minimum Gasteiger partial charge on any atom is -0.368 e. The van der Waals surface area contributed by atoms with Gasteiger partial charge in [-0.25, -0.2) is 8.78 Å². The van der Waals surface area contributed by atoms with Crippen molar-refractivity contribution < 1.29 is 13.6 Å².